The van der Waals surface area contributed by atoms with Gasteiger partial charge in [-0.3, -0.25) is 4.79 Å². The molecule has 1 aromatic heterocycles. The molecule has 0 unspecified atom stereocenters. The molecule has 5 heteroatoms. The molecule has 0 bridgehead atoms. The summed E-state index contributed by atoms with van der Waals surface area (Å²) in [6, 6.07) is 1.76. The Kier molecular flexibility index (Phi) is 3.91. The van der Waals surface area contributed by atoms with Crippen LogP contribution in [-0.2, 0) is 11.8 Å². The van der Waals surface area contributed by atoms with E-state index >= 15 is 0 Å². The van der Waals surface area contributed by atoms with Crippen molar-refractivity contribution < 1.29 is 9.59 Å². The van der Waals surface area contributed by atoms with Crippen LogP contribution < -0.4 is 10.6 Å². The second kappa shape index (κ2) is 5.19. The van der Waals surface area contributed by atoms with Crippen LogP contribution >= 0.6 is 0 Å². The van der Waals surface area contributed by atoms with Crippen molar-refractivity contribution in [2.75, 3.05) is 18.9 Å². The second-order valence-corrected chi connectivity index (χ2v) is 3.19. The minimum atomic E-state index is -0.166. The van der Waals surface area contributed by atoms with E-state index in [0.29, 0.717) is 18.7 Å². The third-order valence-corrected chi connectivity index (χ3v) is 2.07. The van der Waals surface area contributed by atoms with E-state index in [4.69, 9.17) is 0 Å². The van der Waals surface area contributed by atoms with E-state index < -0.39 is 0 Å². The van der Waals surface area contributed by atoms with Gasteiger partial charge in [0.1, 0.15) is 12.0 Å². The van der Waals surface area contributed by atoms with Gasteiger partial charge in [-0.05, 0) is 6.07 Å². The minimum absolute atomic E-state index is 0.166. The van der Waals surface area contributed by atoms with Gasteiger partial charge in [-0.2, -0.15) is 0 Å². The molecule has 15 heavy (non-hydrogen) atoms. The largest absolute Gasteiger partial charge is 0.387 e. The van der Waals surface area contributed by atoms with Crippen LogP contribution in [0, 0.1) is 0 Å². The highest BCUT2D eigenvalue weighted by Crippen LogP contribution is 2.11. The molecule has 5 nitrogen and oxygen atoms in total. The van der Waals surface area contributed by atoms with Crippen molar-refractivity contribution in [2.24, 2.45) is 7.05 Å². The molecule has 0 fully saturated rings. The number of nitrogens with one attached hydrogen (secondary N) is 2. The fourth-order valence-corrected chi connectivity index (χ4v) is 1.26. The van der Waals surface area contributed by atoms with Gasteiger partial charge in [0.2, 0.25) is 0 Å². The zero-order valence-electron chi connectivity index (χ0n) is 8.91. The molecule has 1 rings (SSSR count). The van der Waals surface area contributed by atoms with Crippen LogP contribution in [0.5, 0.6) is 0 Å². The number of carbonyl (C=O) groups is 2. The molecule has 1 amide bonds. The molecule has 0 saturated heterocycles. The second-order valence-electron chi connectivity index (χ2n) is 3.19. The zero-order chi connectivity index (χ0) is 11.3. The average Bonchev–Trinajstić information content (AvgIpc) is 2.60. The van der Waals surface area contributed by atoms with E-state index in [1.165, 1.54) is 0 Å². The maximum atomic E-state index is 11.6. The summed E-state index contributed by atoms with van der Waals surface area (Å²) in [5.74, 6) is -0.166. The summed E-state index contributed by atoms with van der Waals surface area (Å²) in [4.78, 5) is 21.7. The van der Waals surface area contributed by atoms with Crippen LogP contribution in [0.25, 0.3) is 0 Å². The van der Waals surface area contributed by atoms with Crippen molar-refractivity contribution in [3.63, 3.8) is 0 Å². The van der Waals surface area contributed by atoms with Crippen LogP contribution in [0.15, 0.2) is 12.3 Å². The normalized spacial score (nSPS) is 9.73. The standard InChI is InChI=1S/C10H15N3O2/c1-11-8-6-9(13(2)7-8)10(15)12-4-3-5-14/h5-7,11H,3-4H2,1-2H3,(H,12,15). The molecule has 0 aliphatic carbocycles. The van der Waals surface area contributed by atoms with Crippen molar-refractivity contribution in [3.8, 4) is 0 Å². The van der Waals surface area contributed by atoms with E-state index in [9.17, 15) is 9.59 Å². The Hall–Kier alpha value is -1.78. The topological polar surface area (TPSA) is 63.1 Å². The summed E-state index contributed by atoms with van der Waals surface area (Å²) >= 11 is 0. The molecule has 0 atom stereocenters. The van der Waals surface area contributed by atoms with Crippen LogP contribution in [0.3, 0.4) is 0 Å². The number of amides is 1. The van der Waals surface area contributed by atoms with Crippen LogP contribution in [0.2, 0.25) is 0 Å². The molecule has 0 radical (unpaired) electrons. The van der Waals surface area contributed by atoms with Crippen LogP contribution in [0.4, 0.5) is 5.69 Å². The molecule has 1 heterocycles. The van der Waals surface area contributed by atoms with E-state index in [1.54, 1.807) is 24.7 Å². The Labute approximate surface area is 88.5 Å². The number of rotatable bonds is 5. The van der Waals surface area contributed by atoms with Gasteiger partial charge in [0.15, 0.2) is 0 Å². The lowest BCUT2D eigenvalue weighted by Gasteiger charge is -2.03. The summed E-state index contributed by atoms with van der Waals surface area (Å²) in [6.07, 6.45) is 2.95. The van der Waals surface area contributed by atoms with E-state index in [1.807, 2.05) is 6.20 Å². The fourth-order valence-electron chi connectivity index (χ4n) is 1.26. The lowest BCUT2D eigenvalue weighted by atomic mass is 10.3. The minimum Gasteiger partial charge on any atom is -0.387 e. The highest BCUT2D eigenvalue weighted by atomic mass is 16.2. The fraction of sp³-hybridized carbons (Fsp3) is 0.400. The van der Waals surface area contributed by atoms with Gasteiger partial charge in [-0.15, -0.1) is 0 Å². The average molecular weight is 209 g/mol. The predicted octanol–water partition coefficient (Wildman–Crippen LogP) is 0.386. The Morgan fingerprint density at radius 1 is 1.60 bits per heavy atom. The molecule has 82 valence electrons. The van der Waals surface area contributed by atoms with Gasteiger partial charge in [0, 0.05) is 33.3 Å². The van der Waals surface area contributed by atoms with E-state index in [-0.39, 0.29) is 5.91 Å². The smallest absolute Gasteiger partial charge is 0.267 e. The Morgan fingerprint density at radius 2 is 2.33 bits per heavy atom. The van der Waals surface area contributed by atoms with Gasteiger partial charge >= 0.3 is 0 Å². The Bertz CT molecular complexity index is 358. The van der Waals surface area contributed by atoms with Crippen molar-refractivity contribution in [1.29, 1.82) is 0 Å². The number of aldehydes is 1. The number of nitrogens with zero attached hydrogens (tertiary/aromatic N) is 1. The monoisotopic (exact) mass is 209 g/mol. The van der Waals surface area contributed by atoms with E-state index in [0.717, 1.165) is 12.0 Å². The number of hydrogen-bond donors (Lipinski definition) is 2. The molecule has 0 spiro atoms. The number of hydrogen-bond acceptors (Lipinski definition) is 3. The number of anilines is 1. The van der Waals surface area contributed by atoms with Crippen LogP contribution in [-0.4, -0.2) is 30.4 Å². The first-order chi connectivity index (χ1) is 7.19. The molecule has 0 aliphatic heterocycles. The first-order valence-electron chi connectivity index (χ1n) is 4.75. The predicted molar refractivity (Wildman–Crippen MR) is 58.0 cm³/mol. The third-order valence-electron chi connectivity index (χ3n) is 2.07. The summed E-state index contributed by atoms with van der Waals surface area (Å²) in [5.41, 5.74) is 1.46. The zero-order valence-corrected chi connectivity index (χ0v) is 8.91. The maximum Gasteiger partial charge on any atom is 0.267 e. The molecule has 2 N–H and O–H groups in total. The first kappa shape index (κ1) is 11.3. The summed E-state index contributed by atoms with van der Waals surface area (Å²) in [6.45, 7) is 0.377. The molecule has 0 saturated carbocycles. The third kappa shape index (κ3) is 2.83. The van der Waals surface area contributed by atoms with Gasteiger partial charge < -0.3 is 20.0 Å². The van der Waals surface area contributed by atoms with Crippen molar-refractivity contribution in [1.82, 2.24) is 9.88 Å². The van der Waals surface area contributed by atoms with Crippen molar-refractivity contribution in [2.45, 2.75) is 6.42 Å². The first-order valence-corrected chi connectivity index (χ1v) is 4.75. The summed E-state index contributed by atoms with van der Waals surface area (Å²) < 4.78 is 1.74. The lowest BCUT2D eigenvalue weighted by molar-refractivity contribution is -0.107. The summed E-state index contributed by atoms with van der Waals surface area (Å²) in [5, 5.41) is 5.61. The number of carbonyl (C=O) groups excluding carboxylic acids is 2. The van der Waals surface area contributed by atoms with Gasteiger partial charge in [0.05, 0.1) is 5.69 Å². The van der Waals surface area contributed by atoms with Crippen LogP contribution in [0.1, 0.15) is 16.9 Å². The number of aryl methyl sites for hydroxylation is 1. The van der Waals surface area contributed by atoms with Gasteiger partial charge in [0.25, 0.3) is 5.91 Å². The lowest BCUT2D eigenvalue weighted by Crippen LogP contribution is -2.26. The molecule has 0 aliphatic rings. The van der Waals surface area contributed by atoms with Crippen molar-refractivity contribution in [3.05, 3.63) is 18.0 Å². The maximum absolute atomic E-state index is 11.6. The molecule has 1 aromatic rings. The van der Waals surface area contributed by atoms with E-state index in [2.05, 4.69) is 10.6 Å². The highest BCUT2D eigenvalue weighted by molar-refractivity contribution is 5.93. The Balaban J connectivity index is 2.64. The quantitative estimate of drug-likeness (QED) is 0.544. The number of aromatic nitrogens is 1. The molecular formula is C10H15N3O2. The molecule has 0 aromatic carbocycles. The Morgan fingerprint density at radius 3 is 2.87 bits per heavy atom. The summed E-state index contributed by atoms with van der Waals surface area (Å²) in [7, 11) is 3.60. The molecular weight excluding hydrogens is 194 g/mol. The highest BCUT2D eigenvalue weighted by Gasteiger charge is 2.10. The SMILES string of the molecule is CNc1cc(C(=O)NCCC=O)n(C)c1. The van der Waals surface area contributed by atoms with Crippen molar-refractivity contribution >= 4 is 17.9 Å². The van der Waals surface area contributed by atoms with Gasteiger partial charge in [-0.25, -0.2) is 0 Å². The van der Waals surface area contributed by atoms with Gasteiger partial charge in [-0.1, -0.05) is 0 Å².